The van der Waals surface area contributed by atoms with Gasteiger partial charge in [-0.1, -0.05) is 13.0 Å². The standard InChI is InChI=1S/C19H21N5OS/c1-11-7-8-21-16(9-11)23-15-6-4-5-14(22-15)17-18(20)24-19(26-17)12(2)10-13(3)25/h4-9,12H,10,20H2,1-3H3,(H,21,22,23). The van der Waals surface area contributed by atoms with Crippen LogP contribution in [0.15, 0.2) is 36.5 Å². The number of thiazole rings is 1. The Balaban J connectivity index is 1.86. The SMILES string of the molecule is CC(=O)CC(C)c1nc(N)c(-c2cccc(Nc3cc(C)ccn3)n2)s1. The molecule has 0 saturated carbocycles. The fourth-order valence-electron chi connectivity index (χ4n) is 2.63. The van der Waals surface area contributed by atoms with Gasteiger partial charge in [0.15, 0.2) is 0 Å². The Bertz CT molecular complexity index is 937. The number of hydrogen-bond donors (Lipinski definition) is 2. The first kappa shape index (κ1) is 18.0. The van der Waals surface area contributed by atoms with Gasteiger partial charge in [-0.2, -0.15) is 0 Å². The third-order valence-corrected chi connectivity index (χ3v) is 5.16. The average molecular weight is 367 g/mol. The molecule has 0 fully saturated rings. The largest absolute Gasteiger partial charge is 0.382 e. The number of aryl methyl sites for hydroxylation is 1. The van der Waals surface area contributed by atoms with Crippen molar-refractivity contribution in [3.8, 4) is 10.6 Å². The zero-order chi connectivity index (χ0) is 18.7. The molecule has 1 unspecified atom stereocenters. The van der Waals surface area contributed by atoms with Gasteiger partial charge in [-0.25, -0.2) is 15.0 Å². The zero-order valence-corrected chi connectivity index (χ0v) is 15.8. The molecule has 6 nitrogen and oxygen atoms in total. The third-order valence-electron chi connectivity index (χ3n) is 3.84. The minimum absolute atomic E-state index is 0.0475. The van der Waals surface area contributed by atoms with Crippen molar-refractivity contribution in [2.75, 3.05) is 11.1 Å². The maximum atomic E-state index is 11.4. The van der Waals surface area contributed by atoms with E-state index in [2.05, 4.69) is 20.3 Å². The lowest BCUT2D eigenvalue weighted by atomic mass is 10.1. The summed E-state index contributed by atoms with van der Waals surface area (Å²) < 4.78 is 0. The van der Waals surface area contributed by atoms with Crippen LogP contribution in [-0.2, 0) is 4.79 Å². The molecule has 0 aliphatic rings. The highest BCUT2D eigenvalue weighted by molar-refractivity contribution is 7.15. The van der Waals surface area contributed by atoms with E-state index in [-0.39, 0.29) is 11.7 Å². The van der Waals surface area contributed by atoms with Crippen LogP contribution in [0, 0.1) is 6.92 Å². The molecule has 3 N–H and O–H groups in total. The molecule has 3 aromatic rings. The predicted molar refractivity (Wildman–Crippen MR) is 106 cm³/mol. The van der Waals surface area contributed by atoms with Crippen LogP contribution in [0.3, 0.4) is 0 Å². The Morgan fingerprint density at radius 2 is 2.08 bits per heavy atom. The molecular formula is C19H21N5OS. The summed E-state index contributed by atoms with van der Waals surface area (Å²) in [6.45, 7) is 5.58. The number of ketones is 1. The maximum absolute atomic E-state index is 11.4. The fraction of sp³-hybridized carbons (Fsp3) is 0.263. The van der Waals surface area contributed by atoms with Crippen LogP contribution in [0.2, 0.25) is 0 Å². The number of hydrogen-bond acceptors (Lipinski definition) is 7. The summed E-state index contributed by atoms with van der Waals surface area (Å²) in [5, 5.41) is 4.06. The second kappa shape index (κ2) is 7.61. The van der Waals surface area contributed by atoms with Crippen LogP contribution in [-0.4, -0.2) is 20.7 Å². The molecule has 0 aliphatic heterocycles. The van der Waals surface area contributed by atoms with Crippen molar-refractivity contribution in [1.82, 2.24) is 15.0 Å². The number of aromatic nitrogens is 3. The first-order valence-electron chi connectivity index (χ1n) is 8.35. The highest BCUT2D eigenvalue weighted by atomic mass is 32.1. The maximum Gasteiger partial charge on any atom is 0.144 e. The highest BCUT2D eigenvalue weighted by Gasteiger charge is 2.17. The van der Waals surface area contributed by atoms with Gasteiger partial charge in [-0.15, -0.1) is 11.3 Å². The number of nitrogens with one attached hydrogen (secondary N) is 1. The zero-order valence-electron chi connectivity index (χ0n) is 15.0. The van der Waals surface area contributed by atoms with E-state index in [1.807, 2.05) is 44.2 Å². The topological polar surface area (TPSA) is 93.8 Å². The Labute approximate surface area is 156 Å². The van der Waals surface area contributed by atoms with Crippen molar-refractivity contribution < 1.29 is 4.79 Å². The number of pyridine rings is 2. The first-order valence-corrected chi connectivity index (χ1v) is 9.16. The smallest absolute Gasteiger partial charge is 0.144 e. The summed E-state index contributed by atoms with van der Waals surface area (Å²) in [6, 6.07) is 9.59. The van der Waals surface area contributed by atoms with Crippen molar-refractivity contribution in [3.63, 3.8) is 0 Å². The van der Waals surface area contributed by atoms with Crippen molar-refractivity contribution in [1.29, 1.82) is 0 Å². The molecule has 1 atom stereocenters. The van der Waals surface area contributed by atoms with Crippen LogP contribution < -0.4 is 11.1 Å². The van der Waals surface area contributed by atoms with Crippen LogP contribution in [0.4, 0.5) is 17.5 Å². The molecule has 134 valence electrons. The van der Waals surface area contributed by atoms with Crippen LogP contribution in [0.25, 0.3) is 10.6 Å². The quantitative estimate of drug-likeness (QED) is 0.674. The van der Waals surface area contributed by atoms with Crippen molar-refractivity contribution >= 4 is 34.6 Å². The number of nitrogen functional groups attached to an aromatic ring is 1. The lowest BCUT2D eigenvalue weighted by Crippen LogP contribution is -2.00. The van der Waals surface area contributed by atoms with Gasteiger partial charge in [-0.3, -0.25) is 0 Å². The van der Waals surface area contributed by atoms with Crippen molar-refractivity contribution in [2.24, 2.45) is 0 Å². The second-order valence-corrected chi connectivity index (χ2v) is 7.36. The lowest BCUT2D eigenvalue weighted by molar-refractivity contribution is -0.117. The number of carbonyl (C=O) groups excluding carboxylic acids is 1. The number of anilines is 3. The summed E-state index contributed by atoms with van der Waals surface area (Å²) in [4.78, 5) is 25.5. The summed E-state index contributed by atoms with van der Waals surface area (Å²) in [5.74, 6) is 2.06. The molecule has 0 radical (unpaired) electrons. The van der Waals surface area contributed by atoms with Crippen molar-refractivity contribution in [3.05, 3.63) is 47.1 Å². The number of rotatable bonds is 6. The molecule has 0 aromatic carbocycles. The van der Waals surface area contributed by atoms with Gasteiger partial charge < -0.3 is 15.8 Å². The van der Waals surface area contributed by atoms with Crippen LogP contribution >= 0.6 is 11.3 Å². The van der Waals surface area contributed by atoms with Gasteiger partial charge >= 0.3 is 0 Å². The Morgan fingerprint density at radius 1 is 1.27 bits per heavy atom. The molecule has 0 spiro atoms. The molecule has 0 bridgehead atoms. The Kier molecular flexibility index (Phi) is 5.27. The van der Waals surface area contributed by atoms with E-state index >= 15 is 0 Å². The van der Waals surface area contributed by atoms with E-state index in [0.29, 0.717) is 18.1 Å². The van der Waals surface area contributed by atoms with E-state index in [4.69, 9.17) is 5.73 Å². The minimum Gasteiger partial charge on any atom is -0.382 e. The average Bonchev–Trinajstić information content (AvgIpc) is 2.96. The Morgan fingerprint density at radius 3 is 2.81 bits per heavy atom. The predicted octanol–water partition coefficient (Wildman–Crippen LogP) is 4.32. The molecule has 0 aliphatic carbocycles. The van der Waals surface area contributed by atoms with E-state index in [1.165, 1.54) is 11.3 Å². The fourth-order valence-corrected chi connectivity index (χ4v) is 3.63. The number of nitrogens with two attached hydrogens (primary N) is 1. The molecule has 0 saturated heterocycles. The third kappa shape index (κ3) is 4.23. The van der Waals surface area contributed by atoms with Crippen LogP contribution in [0.1, 0.15) is 36.8 Å². The molecule has 3 rings (SSSR count). The van der Waals surface area contributed by atoms with E-state index in [0.717, 1.165) is 27.0 Å². The van der Waals surface area contributed by atoms with Gasteiger partial charge in [0.05, 0.1) is 15.6 Å². The van der Waals surface area contributed by atoms with E-state index < -0.39 is 0 Å². The summed E-state index contributed by atoms with van der Waals surface area (Å²) in [7, 11) is 0. The van der Waals surface area contributed by atoms with E-state index in [9.17, 15) is 4.79 Å². The minimum atomic E-state index is 0.0475. The van der Waals surface area contributed by atoms with E-state index in [1.54, 1.807) is 13.1 Å². The summed E-state index contributed by atoms with van der Waals surface area (Å²) >= 11 is 1.49. The Hall–Kier alpha value is -2.80. The molecular weight excluding hydrogens is 346 g/mol. The summed E-state index contributed by atoms with van der Waals surface area (Å²) in [6.07, 6.45) is 2.21. The monoisotopic (exact) mass is 367 g/mol. The molecule has 7 heteroatoms. The van der Waals surface area contributed by atoms with Crippen molar-refractivity contribution in [2.45, 2.75) is 33.1 Å². The molecule has 0 amide bonds. The van der Waals surface area contributed by atoms with Crippen LogP contribution in [0.5, 0.6) is 0 Å². The van der Waals surface area contributed by atoms with Gasteiger partial charge in [0.2, 0.25) is 0 Å². The molecule has 3 heterocycles. The normalized spacial score (nSPS) is 12.0. The highest BCUT2D eigenvalue weighted by Crippen LogP contribution is 2.35. The molecule has 26 heavy (non-hydrogen) atoms. The number of Topliss-reactive ketones (excluding diaryl/α,β-unsaturated/α-hetero) is 1. The van der Waals surface area contributed by atoms with Gasteiger partial charge in [0.25, 0.3) is 0 Å². The van der Waals surface area contributed by atoms with Gasteiger partial charge in [0, 0.05) is 18.5 Å². The van der Waals surface area contributed by atoms with Gasteiger partial charge in [0.1, 0.15) is 23.2 Å². The number of carbonyl (C=O) groups is 1. The second-order valence-electron chi connectivity index (χ2n) is 6.33. The first-order chi connectivity index (χ1) is 12.4. The summed E-state index contributed by atoms with van der Waals surface area (Å²) in [5.41, 5.74) is 7.98. The lowest BCUT2D eigenvalue weighted by Gasteiger charge is -2.07. The molecule has 3 aromatic heterocycles. The van der Waals surface area contributed by atoms with Gasteiger partial charge in [-0.05, 0) is 43.7 Å². The number of nitrogens with zero attached hydrogens (tertiary/aromatic N) is 3.